The molecule has 6 aromatic rings. The average Bonchev–Trinajstić information content (AvgIpc) is 3.16. The Morgan fingerprint density at radius 2 is 1.00 bits per heavy atom. The molecule has 0 spiro atoms. The third kappa shape index (κ3) is 2.88. The zero-order valence-electron chi connectivity index (χ0n) is 19.8. The van der Waals surface area contributed by atoms with Crippen molar-refractivity contribution >= 4 is 40.1 Å². The van der Waals surface area contributed by atoms with Crippen molar-refractivity contribution in [3.8, 4) is 33.8 Å². The molecule has 166 valence electrons. The average molecular weight is 465 g/mol. The van der Waals surface area contributed by atoms with Gasteiger partial charge in [0.05, 0.1) is 5.69 Å². The predicted molar refractivity (Wildman–Crippen MR) is 150 cm³/mol. The van der Waals surface area contributed by atoms with E-state index in [0.717, 1.165) is 22.6 Å². The van der Waals surface area contributed by atoms with Crippen LogP contribution in [0.4, 0.5) is 0 Å². The maximum Gasteiger partial charge on any atom is 0.159 e. The summed E-state index contributed by atoms with van der Waals surface area (Å²) in [6.07, 6.45) is 0. The molecule has 0 N–H and O–H groups in total. The minimum absolute atomic E-state index is 0.810. The first kappa shape index (κ1) is 20.3. The Kier molecular flexibility index (Phi) is 4.33. The van der Waals surface area contributed by atoms with E-state index in [1.807, 2.05) is 6.07 Å². The second kappa shape index (κ2) is 7.46. The van der Waals surface area contributed by atoms with Crippen LogP contribution in [0.5, 0.6) is 0 Å². The van der Waals surface area contributed by atoms with Gasteiger partial charge in [-0.15, -0.1) is 0 Å². The number of benzene rings is 5. The van der Waals surface area contributed by atoms with E-state index in [2.05, 4.69) is 116 Å². The number of nitrogens with zero attached hydrogens (tertiary/aromatic N) is 2. The molecule has 5 aromatic carbocycles. The standard InChI is InChI=1S/C32H24N2Si/c1-35(2)30-26-20-12-10-18-24(26)23-17-9-11-19-25(23)27(30)28-29(21-13-5-3-6-14-21)33-31(34-32(28)35)22-15-7-4-8-16-22/h3-20H,1-2H3. The van der Waals surface area contributed by atoms with Gasteiger partial charge in [0, 0.05) is 22.0 Å². The number of hydrogen-bond acceptors (Lipinski definition) is 2. The number of aromatic nitrogens is 2. The summed E-state index contributed by atoms with van der Waals surface area (Å²) >= 11 is 0. The molecule has 0 saturated carbocycles. The van der Waals surface area contributed by atoms with E-state index in [1.165, 1.54) is 43.2 Å². The fraction of sp³-hybridized carbons (Fsp3) is 0.0625. The van der Waals surface area contributed by atoms with Crippen LogP contribution in [0.15, 0.2) is 109 Å². The molecule has 3 heteroatoms. The molecular weight excluding hydrogens is 440 g/mol. The first-order valence-corrected chi connectivity index (χ1v) is 15.1. The lowest BCUT2D eigenvalue weighted by Gasteiger charge is -2.21. The topological polar surface area (TPSA) is 25.8 Å². The van der Waals surface area contributed by atoms with Gasteiger partial charge < -0.3 is 0 Å². The summed E-state index contributed by atoms with van der Waals surface area (Å²) in [5.74, 6) is 0.810. The van der Waals surface area contributed by atoms with E-state index in [9.17, 15) is 0 Å². The van der Waals surface area contributed by atoms with Crippen molar-refractivity contribution in [1.29, 1.82) is 0 Å². The third-order valence-corrected chi connectivity index (χ3v) is 10.7. The molecule has 0 saturated heterocycles. The van der Waals surface area contributed by atoms with Crippen LogP contribution >= 0.6 is 0 Å². The molecule has 1 aromatic heterocycles. The van der Waals surface area contributed by atoms with Crippen molar-refractivity contribution in [1.82, 2.24) is 9.97 Å². The highest BCUT2D eigenvalue weighted by Gasteiger charge is 2.44. The highest BCUT2D eigenvalue weighted by atomic mass is 28.3. The van der Waals surface area contributed by atoms with Gasteiger partial charge in [0.25, 0.3) is 0 Å². The number of rotatable bonds is 2. The van der Waals surface area contributed by atoms with Gasteiger partial charge in [0.15, 0.2) is 5.82 Å². The zero-order valence-corrected chi connectivity index (χ0v) is 20.8. The largest absolute Gasteiger partial charge is 0.237 e. The lowest BCUT2D eigenvalue weighted by molar-refractivity contribution is 1.21. The molecule has 1 aliphatic heterocycles. The smallest absolute Gasteiger partial charge is 0.159 e. The van der Waals surface area contributed by atoms with E-state index in [-0.39, 0.29) is 0 Å². The minimum atomic E-state index is -2.14. The Bertz CT molecular complexity index is 1760. The first-order valence-electron chi connectivity index (χ1n) is 12.1. The predicted octanol–water partition coefficient (Wildman–Crippen LogP) is 6.92. The maximum absolute atomic E-state index is 5.34. The van der Waals surface area contributed by atoms with Gasteiger partial charge in [0.1, 0.15) is 8.07 Å². The second-order valence-electron chi connectivity index (χ2n) is 9.82. The molecule has 0 fully saturated rings. The van der Waals surface area contributed by atoms with Gasteiger partial charge in [0.2, 0.25) is 0 Å². The van der Waals surface area contributed by atoms with Gasteiger partial charge in [-0.25, -0.2) is 9.97 Å². The maximum atomic E-state index is 5.34. The lowest BCUT2D eigenvalue weighted by Crippen LogP contribution is -2.51. The van der Waals surface area contributed by atoms with Gasteiger partial charge in [-0.3, -0.25) is 0 Å². The molecule has 2 heterocycles. The first-order chi connectivity index (χ1) is 17.1. The van der Waals surface area contributed by atoms with E-state index in [0.29, 0.717) is 0 Å². The van der Waals surface area contributed by atoms with Crippen molar-refractivity contribution in [3.63, 3.8) is 0 Å². The van der Waals surface area contributed by atoms with E-state index in [4.69, 9.17) is 9.97 Å². The number of hydrogen-bond donors (Lipinski definition) is 0. The zero-order chi connectivity index (χ0) is 23.6. The quantitative estimate of drug-likeness (QED) is 0.205. The van der Waals surface area contributed by atoms with Crippen LogP contribution in [-0.2, 0) is 0 Å². The van der Waals surface area contributed by atoms with E-state index < -0.39 is 8.07 Å². The Morgan fingerprint density at radius 1 is 0.486 bits per heavy atom. The van der Waals surface area contributed by atoms with E-state index >= 15 is 0 Å². The monoisotopic (exact) mass is 464 g/mol. The van der Waals surface area contributed by atoms with Gasteiger partial charge in [-0.05, 0) is 32.3 Å². The summed E-state index contributed by atoms with van der Waals surface area (Å²) in [4.78, 5) is 10.6. The van der Waals surface area contributed by atoms with Crippen molar-refractivity contribution in [2.45, 2.75) is 13.1 Å². The molecule has 2 nitrogen and oxygen atoms in total. The SMILES string of the molecule is C[Si]1(C)c2nc(-c3ccccc3)nc(-c3ccccc3)c2-c2c1c1ccccc1c1ccccc21. The van der Waals surface area contributed by atoms with Crippen molar-refractivity contribution in [2.75, 3.05) is 0 Å². The Hall–Kier alpha value is -4.08. The molecule has 0 amide bonds. The Morgan fingerprint density at radius 3 is 1.66 bits per heavy atom. The fourth-order valence-electron chi connectivity index (χ4n) is 5.84. The molecule has 35 heavy (non-hydrogen) atoms. The molecule has 0 radical (unpaired) electrons. The molecule has 0 unspecified atom stereocenters. The van der Waals surface area contributed by atoms with Crippen LogP contribution in [0.2, 0.25) is 13.1 Å². The normalized spacial score (nSPS) is 13.7. The molecule has 7 rings (SSSR count). The second-order valence-corrected chi connectivity index (χ2v) is 14.0. The third-order valence-electron chi connectivity index (χ3n) is 7.39. The van der Waals surface area contributed by atoms with E-state index in [1.54, 1.807) is 0 Å². The molecule has 0 atom stereocenters. The lowest BCUT2D eigenvalue weighted by atomic mass is 9.92. The summed E-state index contributed by atoms with van der Waals surface area (Å²) in [6.45, 7) is 4.91. The van der Waals surface area contributed by atoms with Crippen molar-refractivity contribution in [2.24, 2.45) is 0 Å². The van der Waals surface area contributed by atoms with Crippen LogP contribution < -0.4 is 10.5 Å². The van der Waals surface area contributed by atoms with Crippen LogP contribution in [0.25, 0.3) is 55.3 Å². The summed E-state index contributed by atoms with van der Waals surface area (Å²) < 4.78 is 0. The van der Waals surface area contributed by atoms with Crippen molar-refractivity contribution in [3.05, 3.63) is 109 Å². The van der Waals surface area contributed by atoms with Crippen LogP contribution in [0, 0.1) is 0 Å². The molecule has 1 aliphatic rings. The van der Waals surface area contributed by atoms with Gasteiger partial charge in [-0.1, -0.05) is 122 Å². The van der Waals surface area contributed by atoms with Crippen LogP contribution in [0.3, 0.4) is 0 Å². The molecule has 0 aliphatic carbocycles. The van der Waals surface area contributed by atoms with Crippen LogP contribution in [-0.4, -0.2) is 18.0 Å². The van der Waals surface area contributed by atoms with Crippen LogP contribution in [0.1, 0.15) is 0 Å². The molecular formula is C32H24N2Si. The minimum Gasteiger partial charge on any atom is -0.237 e. The van der Waals surface area contributed by atoms with Gasteiger partial charge in [-0.2, -0.15) is 0 Å². The Balaban J connectivity index is 1.69. The molecule has 0 bridgehead atoms. The van der Waals surface area contributed by atoms with Crippen molar-refractivity contribution < 1.29 is 0 Å². The Labute approximate surface area is 206 Å². The number of fused-ring (bicyclic) bond motifs is 8. The summed E-state index contributed by atoms with van der Waals surface area (Å²) in [5.41, 5.74) is 5.80. The summed E-state index contributed by atoms with van der Waals surface area (Å²) in [5, 5.41) is 8.00. The highest BCUT2D eigenvalue weighted by molar-refractivity contribution is 7.05. The van der Waals surface area contributed by atoms with Gasteiger partial charge >= 0.3 is 0 Å². The highest BCUT2D eigenvalue weighted by Crippen LogP contribution is 2.42. The summed E-state index contributed by atoms with van der Waals surface area (Å²) in [6, 6.07) is 38.7. The fourth-order valence-corrected chi connectivity index (χ4v) is 9.11. The summed E-state index contributed by atoms with van der Waals surface area (Å²) in [7, 11) is -2.14.